The van der Waals surface area contributed by atoms with Crippen molar-refractivity contribution in [1.82, 2.24) is 10.4 Å². The van der Waals surface area contributed by atoms with Gasteiger partial charge in [-0.3, -0.25) is 9.98 Å². The normalized spacial score (nSPS) is 17.2. The number of nitrogens with zero attached hydrogens (tertiary/aromatic N) is 2. The fraction of sp³-hybridized carbons (Fsp3) is 0.333. The third-order valence-corrected chi connectivity index (χ3v) is 1.90. The molecule has 0 aliphatic heterocycles. The molecule has 0 amide bonds. The summed E-state index contributed by atoms with van der Waals surface area (Å²) in [6.45, 7) is 0. The van der Waals surface area contributed by atoms with Crippen molar-refractivity contribution in [3.05, 3.63) is 30.1 Å². The fourth-order valence-electron chi connectivity index (χ4n) is 1.07. The lowest BCUT2D eigenvalue weighted by Gasteiger charge is -2.03. The highest BCUT2D eigenvalue weighted by Crippen LogP contribution is 2.23. The van der Waals surface area contributed by atoms with Crippen LogP contribution in [-0.4, -0.2) is 16.9 Å². The van der Waals surface area contributed by atoms with Crippen LogP contribution in [0.25, 0.3) is 0 Å². The molecule has 0 radical (unpaired) electrons. The van der Waals surface area contributed by atoms with Crippen molar-refractivity contribution in [2.75, 3.05) is 0 Å². The number of aromatic nitrogens is 1. The average Bonchev–Trinajstić information content (AvgIpc) is 2.99. The molecule has 0 aromatic carbocycles. The Bertz CT molecular complexity index is 303. The molecule has 1 aliphatic carbocycles. The van der Waals surface area contributed by atoms with E-state index in [1.165, 1.54) is 0 Å². The zero-order chi connectivity index (χ0) is 9.10. The van der Waals surface area contributed by atoms with Crippen LogP contribution in [0.15, 0.2) is 29.4 Å². The molecule has 1 saturated carbocycles. The minimum absolute atomic E-state index is 0.452. The van der Waals surface area contributed by atoms with Crippen LogP contribution in [0.1, 0.15) is 18.5 Å². The van der Waals surface area contributed by atoms with Gasteiger partial charge in [-0.1, -0.05) is 6.07 Å². The van der Waals surface area contributed by atoms with E-state index in [9.17, 15) is 0 Å². The van der Waals surface area contributed by atoms with Crippen LogP contribution < -0.4 is 11.3 Å². The summed E-state index contributed by atoms with van der Waals surface area (Å²) in [4.78, 5) is 8.55. The van der Waals surface area contributed by atoms with E-state index in [1.807, 2.05) is 18.2 Å². The molecule has 1 aromatic rings. The van der Waals surface area contributed by atoms with Crippen molar-refractivity contribution in [1.29, 1.82) is 0 Å². The van der Waals surface area contributed by atoms with Crippen LogP contribution in [-0.2, 0) is 0 Å². The molecule has 0 spiro atoms. The Morgan fingerprint density at radius 1 is 1.54 bits per heavy atom. The van der Waals surface area contributed by atoms with E-state index >= 15 is 0 Å². The summed E-state index contributed by atoms with van der Waals surface area (Å²) in [6, 6.07) is 6.13. The maximum atomic E-state index is 5.36. The Morgan fingerprint density at radius 3 is 2.92 bits per heavy atom. The highest BCUT2D eigenvalue weighted by Gasteiger charge is 2.21. The second-order valence-corrected chi connectivity index (χ2v) is 3.07. The SMILES string of the molecule is NNC(=NC1CC1)c1ccccn1. The fourth-order valence-corrected chi connectivity index (χ4v) is 1.07. The molecule has 3 N–H and O–H groups in total. The lowest BCUT2D eigenvalue weighted by molar-refractivity contribution is 0.962. The van der Waals surface area contributed by atoms with Crippen molar-refractivity contribution in [2.45, 2.75) is 18.9 Å². The summed E-state index contributed by atoms with van der Waals surface area (Å²) in [6.07, 6.45) is 4.06. The van der Waals surface area contributed by atoms with Gasteiger partial charge in [-0.05, 0) is 25.0 Å². The molecule has 1 aromatic heterocycles. The number of pyridine rings is 1. The molecule has 1 heterocycles. The van der Waals surface area contributed by atoms with Gasteiger partial charge in [-0.15, -0.1) is 0 Å². The molecule has 2 rings (SSSR count). The number of amidine groups is 1. The first kappa shape index (κ1) is 8.19. The van der Waals surface area contributed by atoms with Crippen LogP contribution in [0.3, 0.4) is 0 Å². The average molecular weight is 176 g/mol. The molecule has 1 fully saturated rings. The van der Waals surface area contributed by atoms with Gasteiger partial charge in [0, 0.05) is 6.20 Å². The van der Waals surface area contributed by atoms with E-state index in [2.05, 4.69) is 15.4 Å². The highest BCUT2D eigenvalue weighted by molar-refractivity contribution is 5.96. The van der Waals surface area contributed by atoms with E-state index in [0.29, 0.717) is 11.9 Å². The van der Waals surface area contributed by atoms with Crippen molar-refractivity contribution in [3.63, 3.8) is 0 Å². The monoisotopic (exact) mass is 176 g/mol. The predicted octanol–water partition coefficient (Wildman–Crippen LogP) is 0.454. The zero-order valence-corrected chi connectivity index (χ0v) is 7.27. The zero-order valence-electron chi connectivity index (χ0n) is 7.27. The molecule has 1 aliphatic rings. The quantitative estimate of drug-likeness (QED) is 0.298. The van der Waals surface area contributed by atoms with Crippen LogP contribution in [0.5, 0.6) is 0 Å². The van der Waals surface area contributed by atoms with Gasteiger partial charge in [0.05, 0.1) is 6.04 Å². The largest absolute Gasteiger partial charge is 0.307 e. The topological polar surface area (TPSA) is 63.3 Å². The molecule has 0 saturated heterocycles. The molecule has 4 heteroatoms. The molecule has 4 nitrogen and oxygen atoms in total. The standard InChI is InChI=1S/C9H12N4/c10-13-9(12-7-4-5-7)8-3-1-2-6-11-8/h1-3,6-7H,4-5,10H2,(H,12,13). The van der Waals surface area contributed by atoms with Gasteiger partial charge >= 0.3 is 0 Å². The van der Waals surface area contributed by atoms with Crippen molar-refractivity contribution in [2.24, 2.45) is 10.8 Å². The Balaban J connectivity index is 2.21. The second-order valence-electron chi connectivity index (χ2n) is 3.07. The first-order valence-corrected chi connectivity index (χ1v) is 4.36. The van der Waals surface area contributed by atoms with Gasteiger partial charge in [0.25, 0.3) is 0 Å². The first-order chi connectivity index (χ1) is 6.40. The Hall–Kier alpha value is -1.42. The van der Waals surface area contributed by atoms with Crippen LogP contribution in [0, 0.1) is 0 Å². The molecule has 13 heavy (non-hydrogen) atoms. The van der Waals surface area contributed by atoms with E-state index in [1.54, 1.807) is 6.20 Å². The third-order valence-electron chi connectivity index (χ3n) is 1.90. The lowest BCUT2D eigenvalue weighted by Crippen LogP contribution is -2.32. The smallest absolute Gasteiger partial charge is 0.161 e. The number of hydrogen-bond acceptors (Lipinski definition) is 3. The van der Waals surface area contributed by atoms with Gasteiger partial charge in [0.1, 0.15) is 5.69 Å². The minimum atomic E-state index is 0.452. The Labute approximate surface area is 76.9 Å². The molecule has 0 unspecified atom stereocenters. The number of nitrogens with one attached hydrogen (secondary N) is 1. The summed E-state index contributed by atoms with van der Waals surface area (Å²) in [5.74, 6) is 6.04. The third kappa shape index (κ3) is 2.03. The van der Waals surface area contributed by atoms with E-state index in [4.69, 9.17) is 5.84 Å². The number of rotatable bonds is 2. The summed E-state index contributed by atoms with van der Waals surface area (Å²) >= 11 is 0. The second kappa shape index (κ2) is 3.53. The van der Waals surface area contributed by atoms with E-state index in [-0.39, 0.29) is 0 Å². The van der Waals surface area contributed by atoms with Crippen molar-refractivity contribution in [3.8, 4) is 0 Å². The van der Waals surface area contributed by atoms with Crippen LogP contribution >= 0.6 is 0 Å². The van der Waals surface area contributed by atoms with Crippen LogP contribution in [0.4, 0.5) is 0 Å². The molecule has 0 atom stereocenters. The van der Waals surface area contributed by atoms with Gasteiger partial charge in [0.2, 0.25) is 0 Å². The summed E-state index contributed by atoms with van der Waals surface area (Å²) in [5.41, 5.74) is 3.38. The molecule has 0 bridgehead atoms. The minimum Gasteiger partial charge on any atom is -0.307 e. The number of aliphatic imine (C=N–C) groups is 1. The van der Waals surface area contributed by atoms with Gasteiger partial charge in [-0.25, -0.2) is 5.84 Å². The molecular weight excluding hydrogens is 164 g/mol. The van der Waals surface area contributed by atoms with E-state index < -0.39 is 0 Å². The van der Waals surface area contributed by atoms with Crippen molar-refractivity contribution >= 4 is 5.84 Å². The predicted molar refractivity (Wildman–Crippen MR) is 51.1 cm³/mol. The number of nitrogens with two attached hydrogens (primary N) is 1. The first-order valence-electron chi connectivity index (χ1n) is 4.36. The van der Waals surface area contributed by atoms with E-state index in [0.717, 1.165) is 18.5 Å². The van der Waals surface area contributed by atoms with Crippen molar-refractivity contribution < 1.29 is 0 Å². The summed E-state index contributed by atoms with van der Waals surface area (Å²) in [5, 5.41) is 0. The Morgan fingerprint density at radius 2 is 2.38 bits per heavy atom. The Kier molecular flexibility index (Phi) is 2.23. The molecule has 68 valence electrons. The lowest BCUT2D eigenvalue weighted by atomic mass is 10.3. The van der Waals surface area contributed by atoms with Crippen LogP contribution in [0.2, 0.25) is 0 Å². The van der Waals surface area contributed by atoms with Gasteiger partial charge in [-0.2, -0.15) is 0 Å². The maximum Gasteiger partial charge on any atom is 0.161 e. The summed E-state index contributed by atoms with van der Waals surface area (Å²) in [7, 11) is 0. The number of hydrazine groups is 1. The van der Waals surface area contributed by atoms with Gasteiger partial charge < -0.3 is 5.43 Å². The summed E-state index contributed by atoms with van der Waals surface area (Å²) < 4.78 is 0. The highest BCUT2D eigenvalue weighted by atomic mass is 15.3. The molecular formula is C9H12N4. The maximum absolute atomic E-state index is 5.36. The van der Waals surface area contributed by atoms with Gasteiger partial charge in [0.15, 0.2) is 5.84 Å². The number of hydrogen-bond donors (Lipinski definition) is 2.